The molecule has 2 heterocycles. The summed E-state index contributed by atoms with van der Waals surface area (Å²) in [5.41, 5.74) is 3.43. The molecule has 0 amide bonds. The van der Waals surface area contributed by atoms with Gasteiger partial charge in [0, 0.05) is 18.4 Å². The van der Waals surface area contributed by atoms with E-state index in [4.69, 9.17) is 0 Å². The van der Waals surface area contributed by atoms with Crippen LogP contribution in [-0.4, -0.2) is 21.8 Å². The van der Waals surface area contributed by atoms with Crippen molar-refractivity contribution in [3.8, 4) is 0 Å². The Hall–Kier alpha value is -1.20. The van der Waals surface area contributed by atoms with Crippen LogP contribution in [0.5, 0.6) is 0 Å². The summed E-state index contributed by atoms with van der Waals surface area (Å²) in [5.74, 6) is 0. The first-order valence-corrected chi connectivity index (χ1v) is 7.15. The van der Waals surface area contributed by atoms with E-state index in [1.807, 2.05) is 30.3 Å². The second-order valence-corrected chi connectivity index (χ2v) is 5.79. The molecule has 1 unspecified atom stereocenters. The maximum Gasteiger partial charge on any atom is 0.0772 e. The monoisotopic (exact) mass is 322 g/mol. The molecule has 2 rings (SSSR count). The second-order valence-electron chi connectivity index (χ2n) is 4.93. The van der Waals surface area contributed by atoms with Gasteiger partial charge in [-0.3, -0.25) is 9.67 Å². The van der Waals surface area contributed by atoms with Crippen molar-refractivity contribution >= 4 is 15.9 Å². The van der Waals surface area contributed by atoms with E-state index in [1.165, 1.54) is 0 Å². The molecule has 0 bridgehead atoms. The Balaban J connectivity index is 2.51. The third-order valence-electron chi connectivity index (χ3n) is 3.07. The number of aryl methyl sites for hydroxylation is 1. The number of pyridine rings is 1. The molecule has 102 valence electrons. The van der Waals surface area contributed by atoms with Crippen LogP contribution in [0.25, 0.3) is 0 Å². The molecule has 1 atom stereocenters. The van der Waals surface area contributed by atoms with Crippen molar-refractivity contribution in [3.63, 3.8) is 0 Å². The molecular formula is C14H19BrN4. The average Bonchev–Trinajstić information content (AvgIpc) is 2.73. The molecular weight excluding hydrogens is 304 g/mol. The maximum absolute atomic E-state index is 4.44. The highest BCUT2D eigenvalue weighted by molar-refractivity contribution is 9.10. The summed E-state index contributed by atoms with van der Waals surface area (Å²) in [4.78, 5) is 4.28. The SMILES string of the molecule is CNC(c1cncc(C)c1)c1c(Br)cnn1C(C)C. The molecule has 0 spiro atoms. The minimum atomic E-state index is 0.0756. The van der Waals surface area contributed by atoms with E-state index >= 15 is 0 Å². The topological polar surface area (TPSA) is 42.7 Å². The molecule has 4 nitrogen and oxygen atoms in total. The van der Waals surface area contributed by atoms with Crippen molar-refractivity contribution in [1.82, 2.24) is 20.1 Å². The third-order valence-corrected chi connectivity index (χ3v) is 3.68. The molecule has 0 aliphatic carbocycles. The van der Waals surface area contributed by atoms with Gasteiger partial charge in [0.15, 0.2) is 0 Å². The molecule has 0 saturated heterocycles. The predicted molar refractivity (Wildman–Crippen MR) is 80.2 cm³/mol. The molecule has 2 aromatic heterocycles. The molecule has 2 aromatic rings. The van der Waals surface area contributed by atoms with E-state index in [2.05, 4.69) is 58.2 Å². The summed E-state index contributed by atoms with van der Waals surface area (Å²) in [5, 5.41) is 7.79. The van der Waals surface area contributed by atoms with Gasteiger partial charge in [0.1, 0.15) is 0 Å². The van der Waals surface area contributed by atoms with Gasteiger partial charge in [0.25, 0.3) is 0 Å². The molecule has 0 fully saturated rings. The van der Waals surface area contributed by atoms with Crippen molar-refractivity contribution in [2.75, 3.05) is 7.05 Å². The smallest absolute Gasteiger partial charge is 0.0772 e. The Morgan fingerprint density at radius 2 is 2.00 bits per heavy atom. The van der Waals surface area contributed by atoms with Crippen molar-refractivity contribution in [2.24, 2.45) is 0 Å². The Kier molecular flexibility index (Phi) is 4.37. The fourth-order valence-corrected chi connectivity index (χ4v) is 2.73. The molecule has 0 saturated carbocycles. The highest BCUT2D eigenvalue weighted by atomic mass is 79.9. The minimum absolute atomic E-state index is 0.0756. The Labute approximate surface area is 122 Å². The summed E-state index contributed by atoms with van der Waals surface area (Å²) in [6.45, 7) is 6.31. The fraction of sp³-hybridized carbons (Fsp3) is 0.429. The van der Waals surface area contributed by atoms with Gasteiger partial charge in [-0.15, -0.1) is 0 Å². The molecule has 0 aliphatic heterocycles. The lowest BCUT2D eigenvalue weighted by Crippen LogP contribution is -2.23. The van der Waals surface area contributed by atoms with Crippen molar-refractivity contribution in [2.45, 2.75) is 32.9 Å². The Bertz CT molecular complexity index is 562. The number of nitrogens with zero attached hydrogens (tertiary/aromatic N) is 3. The lowest BCUT2D eigenvalue weighted by Gasteiger charge is -2.21. The summed E-state index contributed by atoms with van der Waals surface area (Å²) >= 11 is 3.60. The zero-order valence-electron chi connectivity index (χ0n) is 11.7. The summed E-state index contributed by atoms with van der Waals surface area (Å²) < 4.78 is 3.05. The van der Waals surface area contributed by atoms with E-state index in [0.29, 0.717) is 6.04 Å². The van der Waals surface area contributed by atoms with Crippen LogP contribution in [0.2, 0.25) is 0 Å². The van der Waals surface area contributed by atoms with Crippen LogP contribution in [-0.2, 0) is 0 Å². The van der Waals surface area contributed by atoms with Crippen molar-refractivity contribution in [1.29, 1.82) is 0 Å². The van der Waals surface area contributed by atoms with Crippen LogP contribution in [0.3, 0.4) is 0 Å². The van der Waals surface area contributed by atoms with E-state index in [9.17, 15) is 0 Å². The van der Waals surface area contributed by atoms with Crippen LogP contribution < -0.4 is 5.32 Å². The van der Waals surface area contributed by atoms with Gasteiger partial charge in [-0.05, 0) is 54.9 Å². The molecule has 0 radical (unpaired) electrons. The molecule has 5 heteroatoms. The number of rotatable bonds is 4. The van der Waals surface area contributed by atoms with Gasteiger partial charge in [0.2, 0.25) is 0 Å². The second kappa shape index (κ2) is 5.84. The number of hydrogen-bond donors (Lipinski definition) is 1. The lowest BCUT2D eigenvalue weighted by atomic mass is 10.0. The first kappa shape index (κ1) is 14.2. The third kappa shape index (κ3) is 2.87. The summed E-state index contributed by atoms with van der Waals surface area (Å²) in [6, 6.07) is 2.54. The zero-order chi connectivity index (χ0) is 14.0. The van der Waals surface area contributed by atoms with Crippen LogP contribution >= 0.6 is 15.9 Å². The van der Waals surface area contributed by atoms with Crippen molar-refractivity contribution in [3.05, 3.63) is 46.0 Å². The standard InChI is InChI=1S/C14H19BrN4/c1-9(2)19-14(12(15)8-18-19)13(16-4)11-5-10(3)6-17-7-11/h5-9,13,16H,1-4H3. The quantitative estimate of drug-likeness (QED) is 0.939. The molecule has 0 aliphatic rings. The first-order chi connectivity index (χ1) is 9.04. The van der Waals surface area contributed by atoms with E-state index in [0.717, 1.165) is 21.3 Å². The average molecular weight is 323 g/mol. The van der Waals surface area contributed by atoms with Crippen LogP contribution in [0.15, 0.2) is 29.1 Å². The van der Waals surface area contributed by atoms with Gasteiger partial charge >= 0.3 is 0 Å². The molecule has 19 heavy (non-hydrogen) atoms. The zero-order valence-corrected chi connectivity index (χ0v) is 13.3. The number of nitrogens with one attached hydrogen (secondary N) is 1. The van der Waals surface area contributed by atoms with Gasteiger partial charge in [-0.1, -0.05) is 6.07 Å². The largest absolute Gasteiger partial charge is 0.308 e. The Morgan fingerprint density at radius 1 is 1.26 bits per heavy atom. The van der Waals surface area contributed by atoms with Crippen LogP contribution in [0, 0.1) is 6.92 Å². The molecule has 1 N–H and O–H groups in total. The number of halogens is 1. The number of aromatic nitrogens is 3. The lowest BCUT2D eigenvalue weighted by molar-refractivity contribution is 0.483. The summed E-state index contributed by atoms with van der Waals surface area (Å²) in [6.07, 6.45) is 5.62. The van der Waals surface area contributed by atoms with E-state index < -0.39 is 0 Å². The minimum Gasteiger partial charge on any atom is -0.308 e. The van der Waals surface area contributed by atoms with E-state index in [1.54, 1.807) is 0 Å². The normalized spacial score (nSPS) is 12.9. The van der Waals surface area contributed by atoms with Crippen molar-refractivity contribution < 1.29 is 0 Å². The molecule has 0 aromatic carbocycles. The van der Waals surface area contributed by atoms with Gasteiger partial charge in [-0.2, -0.15) is 5.10 Å². The van der Waals surface area contributed by atoms with Crippen LogP contribution in [0.1, 0.15) is 42.8 Å². The fourth-order valence-electron chi connectivity index (χ4n) is 2.23. The Morgan fingerprint density at radius 3 is 2.58 bits per heavy atom. The highest BCUT2D eigenvalue weighted by Gasteiger charge is 2.22. The summed E-state index contributed by atoms with van der Waals surface area (Å²) in [7, 11) is 1.96. The highest BCUT2D eigenvalue weighted by Crippen LogP contribution is 2.30. The van der Waals surface area contributed by atoms with Gasteiger partial charge in [0.05, 0.1) is 22.4 Å². The van der Waals surface area contributed by atoms with Gasteiger partial charge in [-0.25, -0.2) is 0 Å². The first-order valence-electron chi connectivity index (χ1n) is 6.36. The van der Waals surface area contributed by atoms with Gasteiger partial charge < -0.3 is 5.32 Å². The van der Waals surface area contributed by atoms with E-state index in [-0.39, 0.29) is 6.04 Å². The van der Waals surface area contributed by atoms with Crippen LogP contribution in [0.4, 0.5) is 0 Å². The maximum atomic E-state index is 4.44. The predicted octanol–water partition coefficient (Wildman–Crippen LogP) is 3.24. The number of hydrogen-bond acceptors (Lipinski definition) is 3.